The standard InChI is InChI=1S/C14H19N3O/c1-10(2)4-5-11(3)17-14(18)13-7-6-12(8-15)9-16-13/h6-7,9-11H,4-5H2,1-3H3,(H,17,18). The van der Waals surface area contributed by atoms with Crippen LogP contribution >= 0.6 is 0 Å². The van der Waals surface area contributed by atoms with Gasteiger partial charge in [-0.3, -0.25) is 4.79 Å². The summed E-state index contributed by atoms with van der Waals surface area (Å²) in [5.41, 5.74) is 0.810. The van der Waals surface area contributed by atoms with E-state index in [9.17, 15) is 4.79 Å². The van der Waals surface area contributed by atoms with E-state index in [0.717, 1.165) is 12.8 Å². The summed E-state index contributed by atoms with van der Waals surface area (Å²) in [5.74, 6) is 0.452. The number of aromatic nitrogens is 1. The lowest BCUT2D eigenvalue weighted by Gasteiger charge is -2.14. The van der Waals surface area contributed by atoms with Gasteiger partial charge in [0.05, 0.1) is 5.56 Å². The molecule has 0 bridgehead atoms. The van der Waals surface area contributed by atoms with Crippen molar-refractivity contribution in [3.05, 3.63) is 29.6 Å². The summed E-state index contributed by atoms with van der Waals surface area (Å²) in [6, 6.07) is 5.28. The highest BCUT2D eigenvalue weighted by atomic mass is 16.1. The fourth-order valence-electron chi connectivity index (χ4n) is 1.55. The Bertz CT molecular complexity index is 431. The lowest BCUT2D eigenvalue weighted by atomic mass is 10.0. The van der Waals surface area contributed by atoms with Crippen molar-refractivity contribution in [1.82, 2.24) is 10.3 Å². The smallest absolute Gasteiger partial charge is 0.270 e. The minimum atomic E-state index is -0.184. The third-order valence-electron chi connectivity index (χ3n) is 2.68. The third-order valence-corrected chi connectivity index (χ3v) is 2.68. The zero-order valence-electron chi connectivity index (χ0n) is 11.1. The van der Waals surface area contributed by atoms with Crippen molar-refractivity contribution in [1.29, 1.82) is 5.26 Å². The Balaban J connectivity index is 2.51. The number of hydrogen-bond donors (Lipinski definition) is 1. The molecule has 1 N–H and O–H groups in total. The van der Waals surface area contributed by atoms with Gasteiger partial charge in [0.2, 0.25) is 0 Å². The molecule has 18 heavy (non-hydrogen) atoms. The second-order valence-corrected chi connectivity index (χ2v) is 4.89. The predicted octanol–water partition coefficient (Wildman–Crippen LogP) is 2.51. The molecule has 1 unspecified atom stereocenters. The van der Waals surface area contributed by atoms with Gasteiger partial charge in [0.15, 0.2) is 0 Å². The van der Waals surface area contributed by atoms with Gasteiger partial charge in [-0.05, 0) is 37.8 Å². The van der Waals surface area contributed by atoms with Crippen LogP contribution in [0.3, 0.4) is 0 Å². The molecule has 0 spiro atoms. The van der Waals surface area contributed by atoms with Gasteiger partial charge in [0.1, 0.15) is 11.8 Å². The van der Waals surface area contributed by atoms with E-state index in [2.05, 4.69) is 24.1 Å². The van der Waals surface area contributed by atoms with Crippen molar-refractivity contribution in [2.45, 2.75) is 39.7 Å². The summed E-state index contributed by atoms with van der Waals surface area (Å²) in [6.07, 6.45) is 3.45. The Morgan fingerprint density at radius 3 is 2.61 bits per heavy atom. The fourth-order valence-corrected chi connectivity index (χ4v) is 1.55. The SMILES string of the molecule is CC(C)CCC(C)NC(=O)c1ccc(C#N)cn1. The fraction of sp³-hybridized carbons (Fsp3) is 0.500. The molecule has 0 aliphatic rings. The molecule has 4 heteroatoms. The Morgan fingerprint density at radius 1 is 1.39 bits per heavy atom. The van der Waals surface area contributed by atoms with Crippen LogP contribution < -0.4 is 5.32 Å². The van der Waals surface area contributed by atoms with Gasteiger partial charge >= 0.3 is 0 Å². The summed E-state index contributed by atoms with van der Waals surface area (Å²) < 4.78 is 0. The molecule has 96 valence electrons. The molecule has 1 aromatic heterocycles. The molecule has 1 aromatic rings. The first-order chi connectivity index (χ1) is 8.52. The quantitative estimate of drug-likeness (QED) is 0.866. The molecule has 4 nitrogen and oxygen atoms in total. The summed E-state index contributed by atoms with van der Waals surface area (Å²) in [7, 11) is 0. The van der Waals surface area contributed by atoms with Crippen molar-refractivity contribution in [2.75, 3.05) is 0 Å². The number of amides is 1. The highest BCUT2D eigenvalue weighted by Gasteiger charge is 2.11. The first-order valence-electron chi connectivity index (χ1n) is 6.20. The summed E-state index contributed by atoms with van der Waals surface area (Å²) >= 11 is 0. The summed E-state index contributed by atoms with van der Waals surface area (Å²) in [4.78, 5) is 15.8. The summed E-state index contributed by atoms with van der Waals surface area (Å²) in [6.45, 7) is 6.32. The monoisotopic (exact) mass is 245 g/mol. The van der Waals surface area contributed by atoms with E-state index in [0.29, 0.717) is 17.2 Å². The maximum Gasteiger partial charge on any atom is 0.270 e. The molecule has 0 aromatic carbocycles. The lowest BCUT2D eigenvalue weighted by Crippen LogP contribution is -2.33. The van der Waals surface area contributed by atoms with Crippen molar-refractivity contribution >= 4 is 5.91 Å². The normalized spacial score (nSPS) is 11.9. The van der Waals surface area contributed by atoms with Crippen molar-refractivity contribution in [3.63, 3.8) is 0 Å². The van der Waals surface area contributed by atoms with E-state index in [-0.39, 0.29) is 11.9 Å². The van der Waals surface area contributed by atoms with Crippen LogP contribution in [0.1, 0.15) is 49.7 Å². The van der Waals surface area contributed by atoms with Crippen LogP contribution in [-0.4, -0.2) is 16.9 Å². The van der Waals surface area contributed by atoms with E-state index in [4.69, 9.17) is 5.26 Å². The van der Waals surface area contributed by atoms with Crippen LogP contribution in [0.2, 0.25) is 0 Å². The van der Waals surface area contributed by atoms with Crippen molar-refractivity contribution in [2.24, 2.45) is 5.92 Å². The number of nitriles is 1. The van der Waals surface area contributed by atoms with Gasteiger partial charge < -0.3 is 5.32 Å². The average molecular weight is 245 g/mol. The number of carbonyl (C=O) groups is 1. The zero-order valence-corrected chi connectivity index (χ0v) is 11.1. The van der Waals surface area contributed by atoms with Crippen LogP contribution in [0.25, 0.3) is 0 Å². The van der Waals surface area contributed by atoms with Crippen LogP contribution in [0.4, 0.5) is 0 Å². The molecule has 1 atom stereocenters. The Labute approximate surface area is 108 Å². The zero-order chi connectivity index (χ0) is 13.5. The third kappa shape index (κ3) is 4.54. The number of nitrogens with one attached hydrogen (secondary N) is 1. The minimum absolute atomic E-state index is 0.136. The van der Waals surface area contributed by atoms with E-state index in [1.54, 1.807) is 12.1 Å². The summed E-state index contributed by atoms with van der Waals surface area (Å²) in [5, 5.41) is 11.5. The van der Waals surface area contributed by atoms with E-state index in [1.807, 2.05) is 13.0 Å². The number of hydrogen-bond acceptors (Lipinski definition) is 3. The molecule has 0 aliphatic heterocycles. The average Bonchev–Trinajstić information content (AvgIpc) is 2.36. The highest BCUT2D eigenvalue weighted by Crippen LogP contribution is 2.07. The molecule has 1 rings (SSSR count). The van der Waals surface area contributed by atoms with Gasteiger partial charge in [-0.15, -0.1) is 0 Å². The predicted molar refractivity (Wildman–Crippen MR) is 70.0 cm³/mol. The molecular formula is C14H19N3O. The van der Waals surface area contributed by atoms with Gasteiger partial charge in [0, 0.05) is 12.2 Å². The van der Waals surface area contributed by atoms with Gasteiger partial charge in [-0.1, -0.05) is 13.8 Å². The molecule has 1 amide bonds. The lowest BCUT2D eigenvalue weighted by molar-refractivity contribution is 0.0932. The molecule has 1 heterocycles. The van der Waals surface area contributed by atoms with E-state index >= 15 is 0 Å². The number of carbonyl (C=O) groups excluding carboxylic acids is 1. The van der Waals surface area contributed by atoms with Crippen molar-refractivity contribution in [3.8, 4) is 6.07 Å². The molecule has 0 radical (unpaired) electrons. The van der Waals surface area contributed by atoms with E-state index < -0.39 is 0 Å². The molecular weight excluding hydrogens is 226 g/mol. The molecule has 0 fully saturated rings. The molecule has 0 saturated heterocycles. The van der Waals surface area contributed by atoms with Gasteiger partial charge in [-0.25, -0.2) is 4.98 Å². The second-order valence-electron chi connectivity index (χ2n) is 4.89. The van der Waals surface area contributed by atoms with Crippen molar-refractivity contribution < 1.29 is 4.79 Å². The van der Waals surface area contributed by atoms with Gasteiger partial charge in [-0.2, -0.15) is 5.26 Å². The van der Waals surface area contributed by atoms with Crippen LogP contribution in [0.15, 0.2) is 18.3 Å². The Hall–Kier alpha value is -1.89. The van der Waals surface area contributed by atoms with Crippen LogP contribution in [0.5, 0.6) is 0 Å². The van der Waals surface area contributed by atoms with E-state index in [1.165, 1.54) is 6.20 Å². The number of rotatable bonds is 5. The van der Waals surface area contributed by atoms with Crippen LogP contribution in [0, 0.1) is 17.2 Å². The molecule has 0 aliphatic carbocycles. The number of pyridine rings is 1. The minimum Gasteiger partial charge on any atom is -0.348 e. The van der Waals surface area contributed by atoms with Crippen LogP contribution in [-0.2, 0) is 0 Å². The topological polar surface area (TPSA) is 65.8 Å². The van der Waals surface area contributed by atoms with Gasteiger partial charge in [0.25, 0.3) is 5.91 Å². The first kappa shape index (κ1) is 14.2. The maximum atomic E-state index is 11.8. The second kappa shape index (κ2) is 6.75. The Kier molecular flexibility index (Phi) is 5.31. The Morgan fingerprint density at radius 2 is 2.11 bits per heavy atom. The first-order valence-corrected chi connectivity index (χ1v) is 6.20. The maximum absolute atomic E-state index is 11.8. The largest absolute Gasteiger partial charge is 0.348 e. The molecule has 0 saturated carbocycles. The number of nitrogens with zero attached hydrogens (tertiary/aromatic N) is 2. The highest BCUT2D eigenvalue weighted by molar-refractivity contribution is 5.92.